The van der Waals surface area contributed by atoms with Crippen LogP contribution in [0, 0.1) is 5.82 Å². The quantitative estimate of drug-likeness (QED) is 0.646. The van der Waals surface area contributed by atoms with Gasteiger partial charge in [-0.15, -0.1) is 11.8 Å². The minimum absolute atomic E-state index is 0.0170. The van der Waals surface area contributed by atoms with E-state index < -0.39 is 5.82 Å². The molecule has 0 aliphatic rings. The van der Waals surface area contributed by atoms with E-state index in [9.17, 15) is 9.18 Å². The molecule has 2 aromatic carbocycles. The molecular formula is C14H12BrFN2OS. The van der Waals surface area contributed by atoms with E-state index in [0.29, 0.717) is 5.69 Å². The Labute approximate surface area is 128 Å². The van der Waals surface area contributed by atoms with Crippen LogP contribution < -0.4 is 11.1 Å². The lowest BCUT2D eigenvalue weighted by atomic mass is 10.2. The lowest BCUT2D eigenvalue weighted by Gasteiger charge is -2.06. The Bertz CT molecular complexity index is 619. The van der Waals surface area contributed by atoms with E-state index in [2.05, 4.69) is 21.2 Å². The molecular weight excluding hydrogens is 343 g/mol. The van der Waals surface area contributed by atoms with Crippen LogP contribution in [0.3, 0.4) is 0 Å². The van der Waals surface area contributed by atoms with Crippen molar-refractivity contribution in [2.75, 3.05) is 16.8 Å². The van der Waals surface area contributed by atoms with Gasteiger partial charge in [0.1, 0.15) is 5.82 Å². The number of benzene rings is 2. The SMILES string of the molecule is Nc1cc(NC(=O)CSc2ccc(Br)cc2)ccc1F. The fourth-order valence-electron chi connectivity index (χ4n) is 1.50. The first-order valence-corrected chi connectivity index (χ1v) is 7.56. The van der Waals surface area contributed by atoms with Crippen molar-refractivity contribution in [3.8, 4) is 0 Å². The van der Waals surface area contributed by atoms with Crippen molar-refractivity contribution in [2.24, 2.45) is 0 Å². The maximum Gasteiger partial charge on any atom is 0.234 e. The van der Waals surface area contributed by atoms with Gasteiger partial charge in [0.25, 0.3) is 0 Å². The second-order valence-corrected chi connectivity index (χ2v) is 5.99. The van der Waals surface area contributed by atoms with E-state index in [1.165, 1.54) is 30.0 Å². The van der Waals surface area contributed by atoms with Crippen molar-refractivity contribution in [3.63, 3.8) is 0 Å². The minimum atomic E-state index is -0.493. The molecule has 0 heterocycles. The number of amides is 1. The van der Waals surface area contributed by atoms with Gasteiger partial charge >= 0.3 is 0 Å². The Balaban J connectivity index is 1.89. The van der Waals surface area contributed by atoms with Crippen LogP contribution in [0.25, 0.3) is 0 Å². The molecule has 0 spiro atoms. The molecule has 6 heteroatoms. The van der Waals surface area contributed by atoms with Gasteiger partial charge in [0, 0.05) is 15.1 Å². The summed E-state index contributed by atoms with van der Waals surface area (Å²) >= 11 is 4.78. The normalized spacial score (nSPS) is 10.3. The van der Waals surface area contributed by atoms with Crippen LogP contribution in [0.5, 0.6) is 0 Å². The van der Waals surface area contributed by atoms with Crippen LogP contribution in [-0.4, -0.2) is 11.7 Å². The summed E-state index contributed by atoms with van der Waals surface area (Å²) in [6, 6.07) is 11.8. The molecule has 2 aromatic rings. The highest BCUT2D eigenvalue weighted by atomic mass is 79.9. The highest BCUT2D eigenvalue weighted by Crippen LogP contribution is 2.21. The third-order valence-corrected chi connectivity index (χ3v) is 4.00. The van der Waals surface area contributed by atoms with Gasteiger partial charge in [-0.05, 0) is 42.5 Å². The maximum atomic E-state index is 13.0. The van der Waals surface area contributed by atoms with Gasteiger partial charge in [-0.2, -0.15) is 0 Å². The van der Waals surface area contributed by atoms with Gasteiger partial charge in [-0.25, -0.2) is 4.39 Å². The predicted molar refractivity (Wildman–Crippen MR) is 84.3 cm³/mol. The number of nitrogens with one attached hydrogen (secondary N) is 1. The highest BCUT2D eigenvalue weighted by molar-refractivity contribution is 9.10. The summed E-state index contributed by atoms with van der Waals surface area (Å²) in [4.78, 5) is 12.8. The Kier molecular flexibility index (Phi) is 5.03. The van der Waals surface area contributed by atoms with Gasteiger partial charge in [0.15, 0.2) is 0 Å². The lowest BCUT2D eigenvalue weighted by molar-refractivity contribution is -0.113. The van der Waals surface area contributed by atoms with Crippen molar-refractivity contribution < 1.29 is 9.18 Å². The molecule has 0 aromatic heterocycles. The molecule has 1 amide bonds. The second kappa shape index (κ2) is 6.76. The number of halogens is 2. The van der Waals surface area contributed by atoms with Crippen molar-refractivity contribution in [2.45, 2.75) is 4.90 Å². The summed E-state index contributed by atoms with van der Waals surface area (Å²) in [5, 5.41) is 2.68. The molecule has 3 N–H and O–H groups in total. The fraction of sp³-hybridized carbons (Fsp3) is 0.0714. The number of thioether (sulfide) groups is 1. The first-order chi connectivity index (χ1) is 9.54. The van der Waals surface area contributed by atoms with E-state index in [1.807, 2.05) is 24.3 Å². The van der Waals surface area contributed by atoms with Gasteiger partial charge in [-0.3, -0.25) is 4.79 Å². The molecule has 0 bridgehead atoms. The number of hydrogen-bond acceptors (Lipinski definition) is 3. The number of anilines is 2. The van der Waals surface area contributed by atoms with Crippen LogP contribution in [-0.2, 0) is 4.79 Å². The van der Waals surface area contributed by atoms with Crippen LogP contribution in [0.1, 0.15) is 0 Å². The number of hydrogen-bond donors (Lipinski definition) is 2. The summed E-state index contributed by atoms with van der Waals surface area (Å²) in [5.41, 5.74) is 5.95. The Morgan fingerprint density at radius 1 is 1.25 bits per heavy atom. The monoisotopic (exact) mass is 354 g/mol. The predicted octanol–water partition coefficient (Wildman–Crippen LogP) is 3.90. The number of carbonyl (C=O) groups excluding carboxylic acids is 1. The molecule has 3 nitrogen and oxygen atoms in total. The number of nitrogens with two attached hydrogens (primary N) is 1. The number of rotatable bonds is 4. The van der Waals surface area contributed by atoms with Crippen LogP contribution in [0.4, 0.5) is 15.8 Å². The zero-order chi connectivity index (χ0) is 14.5. The van der Waals surface area contributed by atoms with Gasteiger partial charge in [-0.1, -0.05) is 15.9 Å². The Morgan fingerprint density at radius 2 is 1.95 bits per heavy atom. The molecule has 0 saturated carbocycles. The molecule has 20 heavy (non-hydrogen) atoms. The van der Waals surface area contributed by atoms with E-state index in [4.69, 9.17) is 5.73 Å². The van der Waals surface area contributed by atoms with Crippen molar-refractivity contribution in [3.05, 3.63) is 52.8 Å². The van der Waals surface area contributed by atoms with Gasteiger partial charge in [0.05, 0.1) is 11.4 Å². The molecule has 0 unspecified atom stereocenters. The molecule has 0 saturated heterocycles. The molecule has 0 aliphatic carbocycles. The molecule has 0 atom stereocenters. The van der Waals surface area contributed by atoms with E-state index in [-0.39, 0.29) is 17.3 Å². The van der Waals surface area contributed by atoms with E-state index >= 15 is 0 Å². The molecule has 104 valence electrons. The van der Waals surface area contributed by atoms with Crippen LogP contribution in [0.2, 0.25) is 0 Å². The smallest absolute Gasteiger partial charge is 0.234 e. The summed E-state index contributed by atoms with van der Waals surface area (Å²) < 4.78 is 14.0. The van der Waals surface area contributed by atoms with Gasteiger partial charge in [0.2, 0.25) is 5.91 Å². The first-order valence-electron chi connectivity index (χ1n) is 5.78. The fourth-order valence-corrected chi connectivity index (χ4v) is 2.46. The summed E-state index contributed by atoms with van der Waals surface area (Å²) in [6.45, 7) is 0. The Hall–Kier alpha value is -1.53. The topological polar surface area (TPSA) is 55.1 Å². The zero-order valence-electron chi connectivity index (χ0n) is 10.4. The van der Waals surface area contributed by atoms with Crippen molar-refractivity contribution in [1.29, 1.82) is 0 Å². The summed E-state index contributed by atoms with van der Waals surface area (Å²) in [7, 11) is 0. The first kappa shape index (κ1) is 14.9. The molecule has 0 aliphatic heterocycles. The lowest BCUT2D eigenvalue weighted by Crippen LogP contribution is -2.14. The van der Waals surface area contributed by atoms with E-state index in [0.717, 1.165) is 9.37 Å². The molecule has 0 radical (unpaired) electrons. The second-order valence-electron chi connectivity index (χ2n) is 4.03. The number of carbonyl (C=O) groups is 1. The standard InChI is InChI=1S/C14H12BrFN2OS/c15-9-1-4-11(5-2-9)20-8-14(19)18-10-3-6-12(16)13(17)7-10/h1-7H,8,17H2,(H,18,19). The van der Waals surface area contributed by atoms with Crippen molar-refractivity contribution in [1.82, 2.24) is 0 Å². The minimum Gasteiger partial charge on any atom is -0.396 e. The summed E-state index contributed by atoms with van der Waals surface area (Å²) in [6.07, 6.45) is 0. The largest absolute Gasteiger partial charge is 0.396 e. The molecule has 0 fully saturated rings. The third kappa shape index (κ3) is 4.25. The summed E-state index contributed by atoms with van der Waals surface area (Å²) in [5.74, 6) is -0.380. The van der Waals surface area contributed by atoms with Crippen molar-refractivity contribution >= 4 is 45.0 Å². The highest BCUT2D eigenvalue weighted by Gasteiger charge is 2.05. The Morgan fingerprint density at radius 3 is 2.60 bits per heavy atom. The van der Waals surface area contributed by atoms with Gasteiger partial charge < -0.3 is 11.1 Å². The van der Waals surface area contributed by atoms with Crippen LogP contribution in [0.15, 0.2) is 51.8 Å². The molecule has 2 rings (SSSR count). The van der Waals surface area contributed by atoms with Crippen LogP contribution >= 0.6 is 27.7 Å². The maximum absolute atomic E-state index is 13.0. The van der Waals surface area contributed by atoms with E-state index in [1.54, 1.807) is 0 Å². The average Bonchev–Trinajstić information content (AvgIpc) is 2.42. The number of nitrogen functional groups attached to an aromatic ring is 1. The third-order valence-electron chi connectivity index (χ3n) is 2.46. The zero-order valence-corrected chi connectivity index (χ0v) is 12.8. The average molecular weight is 355 g/mol.